The van der Waals surface area contributed by atoms with Crippen LogP contribution in [0.2, 0.25) is 0 Å². The topological polar surface area (TPSA) is 24.5 Å². The van der Waals surface area contributed by atoms with Crippen molar-refractivity contribution in [3.05, 3.63) is 29.8 Å². The van der Waals surface area contributed by atoms with Crippen LogP contribution in [-0.2, 0) is 0 Å². The Morgan fingerprint density at radius 2 is 1.75 bits per heavy atom. The predicted octanol–water partition coefficient (Wildman–Crippen LogP) is 3.28. The molecule has 0 saturated carbocycles. The Bertz CT molecular complexity index is 382. The molecule has 5 heteroatoms. The molecule has 0 saturated heterocycles. The maximum atomic E-state index is 12.1. The number of nitrogens with zero attached hydrogens (tertiary/aromatic N) is 1. The van der Waals surface area contributed by atoms with Crippen LogP contribution in [0.3, 0.4) is 0 Å². The lowest BCUT2D eigenvalue weighted by Gasteiger charge is -2.22. The number of rotatable bonds is 8. The van der Waals surface area contributed by atoms with Gasteiger partial charge in [-0.25, -0.2) is 0 Å². The molecule has 1 aromatic carbocycles. The van der Waals surface area contributed by atoms with Gasteiger partial charge >= 0.3 is 6.61 Å². The zero-order valence-electron chi connectivity index (χ0n) is 12.6. The summed E-state index contributed by atoms with van der Waals surface area (Å²) in [6.07, 6.45) is 1.06. The molecule has 1 rings (SSSR count). The van der Waals surface area contributed by atoms with Crippen molar-refractivity contribution in [3.63, 3.8) is 0 Å². The van der Waals surface area contributed by atoms with Crippen LogP contribution in [0, 0.1) is 0 Å². The molecule has 0 aliphatic carbocycles. The number of nitrogens with one attached hydrogen (secondary N) is 1. The summed E-state index contributed by atoms with van der Waals surface area (Å²) in [4.78, 5) is 2.15. The lowest BCUT2D eigenvalue weighted by atomic mass is 10.1. The Kier molecular flexibility index (Phi) is 6.88. The highest BCUT2D eigenvalue weighted by Crippen LogP contribution is 2.19. The maximum absolute atomic E-state index is 12.1. The smallest absolute Gasteiger partial charge is 0.387 e. The predicted molar refractivity (Wildman–Crippen MR) is 77.3 cm³/mol. The first-order valence-electron chi connectivity index (χ1n) is 6.84. The second kappa shape index (κ2) is 8.17. The molecule has 1 aromatic rings. The minimum Gasteiger partial charge on any atom is -0.435 e. The molecule has 1 N–H and O–H groups in total. The van der Waals surface area contributed by atoms with E-state index in [9.17, 15) is 8.78 Å². The van der Waals surface area contributed by atoms with Crippen LogP contribution in [0.15, 0.2) is 24.3 Å². The molecule has 114 valence electrons. The Hall–Kier alpha value is -1.20. The van der Waals surface area contributed by atoms with Crippen LogP contribution in [0.1, 0.15) is 31.9 Å². The summed E-state index contributed by atoms with van der Waals surface area (Å²) in [5.74, 6) is 0.191. The van der Waals surface area contributed by atoms with E-state index >= 15 is 0 Å². The van der Waals surface area contributed by atoms with Crippen molar-refractivity contribution in [1.82, 2.24) is 10.2 Å². The molecule has 0 bridgehead atoms. The van der Waals surface area contributed by atoms with Crippen molar-refractivity contribution < 1.29 is 13.5 Å². The van der Waals surface area contributed by atoms with E-state index in [0.29, 0.717) is 6.04 Å². The van der Waals surface area contributed by atoms with Crippen molar-refractivity contribution in [2.24, 2.45) is 0 Å². The van der Waals surface area contributed by atoms with E-state index in [1.54, 1.807) is 12.1 Å². The number of hydrogen-bond acceptors (Lipinski definition) is 3. The van der Waals surface area contributed by atoms with Gasteiger partial charge < -0.3 is 15.0 Å². The quantitative estimate of drug-likeness (QED) is 0.793. The fourth-order valence-corrected chi connectivity index (χ4v) is 2.00. The van der Waals surface area contributed by atoms with E-state index in [0.717, 1.165) is 18.5 Å². The largest absolute Gasteiger partial charge is 0.435 e. The van der Waals surface area contributed by atoms with Gasteiger partial charge in [0, 0.05) is 12.1 Å². The van der Waals surface area contributed by atoms with Crippen molar-refractivity contribution in [2.75, 3.05) is 20.6 Å². The molecule has 0 aliphatic rings. The van der Waals surface area contributed by atoms with Gasteiger partial charge in [0.05, 0.1) is 0 Å². The maximum Gasteiger partial charge on any atom is 0.387 e. The van der Waals surface area contributed by atoms with Crippen molar-refractivity contribution in [1.29, 1.82) is 0 Å². The summed E-state index contributed by atoms with van der Waals surface area (Å²) < 4.78 is 28.5. The number of benzene rings is 1. The fraction of sp³-hybridized carbons (Fsp3) is 0.600. The third kappa shape index (κ3) is 6.30. The average Bonchev–Trinajstić information content (AvgIpc) is 2.36. The highest BCUT2D eigenvalue weighted by molar-refractivity contribution is 5.29. The van der Waals surface area contributed by atoms with Crippen LogP contribution < -0.4 is 10.1 Å². The molecule has 2 unspecified atom stereocenters. The Morgan fingerprint density at radius 1 is 1.15 bits per heavy atom. The van der Waals surface area contributed by atoms with Gasteiger partial charge in [0.1, 0.15) is 5.75 Å². The SMILES string of the molecule is CC(CCN(C)C)NC(C)c1ccc(OC(F)F)cc1. The van der Waals surface area contributed by atoms with Crippen molar-refractivity contribution in [3.8, 4) is 5.75 Å². The molecule has 0 heterocycles. The summed E-state index contributed by atoms with van der Waals surface area (Å²) in [6, 6.07) is 7.34. The zero-order valence-corrected chi connectivity index (χ0v) is 12.6. The highest BCUT2D eigenvalue weighted by atomic mass is 19.3. The molecule has 0 spiro atoms. The summed E-state index contributed by atoms with van der Waals surface area (Å²) >= 11 is 0. The molecule has 2 atom stereocenters. The van der Waals surface area contributed by atoms with Crippen LogP contribution >= 0.6 is 0 Å². The second-order valence-electron chi connectivity index (χ2n) is 5.33. The minimum absolute atomic E-state index is 0.174. The Labute approximate surface area is 119 Å². The van der Waals surface area contributed by atoms with Gasteiger partial charge in [0.2, 0.25) is 0 Å². The third-order valence-corrected chi connectivity index (χ3v) is 3.15. The van der Waals surface area contributed by atoms with Crippen LogP contribution in [0.5, 0.6) is 5.75 Å². The lowest BCUT2D eigenvalue weighted by molar-refractivity contribution is -0.0498. The van der Waals surface area contributed by atoms with Crippen LogP contribution in [-0.4, -0.2) is 38.2 Å². The molecular weight excluding hydrogens is 262 g/mol. The monoisotopic (exact) mass is 286 g/mol. The normalized spacial score (nSPS) is 14.6. The summed E-state index contributed by atoms with van der Waals surface area (Å²) in [6.45, 7) is 2.47. The van der Waals surface area contributed by atoms with Crippen LogP contribution in [0.4, 0.5) is 8.78 Å². The van der Waals surface area contributed by atoms with Gasteiger partial charge in [0.15, 0.2) is 0 Å². The number of hydrogen-bond donors (Lipinski definition) is 1. The third-order valence-electron chi connectivity index (χ3n) is 3.15. The van der Waals surface area contributed by atoms with Gasteiger partial charge in [0.25, 0.3) is 0 Å². The first-order chi connectivity index (χ1) is 9.38. The van der Waals surface area contributed by atoms with Crippen molar-refractivity contribution >= 4 is 0 Å². The second-order valence-corrected chi connectivity index (χ2v) is 5.33. The first-order valence-corrected chi connectivity index (χ1v) is 6.84. The highest BCUT2D eigenvalue weighted by Gasteiger charge is 2.10. The number of alkyl halides is 2. The van der Waals surface area contributed by atoms with Gasteiger partial charge in [-0.2, -0.15) is 8.78 Å². The van der Waals surface area contributed by atoms with E-state index < -0.39 is 6.61 Å². The molecule has 0 radical (unpaired) electrons. The summed E-state index contributed by atoms with van der Waals surface area (Å²) in [5, 5.41) is 3.50. The zero-order chi connectivity index (χ0) is 15.1. The Balaban J connectivity index is 2.48. The van der Waals surface area contributed by atoms with E-state index in [-0.39, 0.29) is 11.8 Å². The molecule has 0 amide bonds. The van der Waals surface area contributed by atoms with Gasteiger partial charge in [-0.1, -0.05) is 12.1 Å². The molecule has 0 fully saturated rings. The van der Waals surface area contributed by atoms with E-state index in [1.165, 1.54) is 0 Å². The van der Waals surface area contributed by atoms with E-state index in [4.69, 9.17) is 0 Å². The number of ether oxygens (including phenoxy) is 1. The summed E-state index contributed by atoms with van der Waals surface area (Å²) in [7, 11) is 4.11. The average molecular weight is 286 g/mol. The fourth-order valence-electron chi connectivity index (χ4n) is 2.00. The standard InChI is InChI=1S/C15H24F2N2O/c1-11(9-10-19(3)4)18-12(2)13-5-7-14(8-6-13)20-15(16)17/h5-8,11-12,15,18H,9-10H2,1-4H3. The molecule has 3 nitrogen and oxygen atoms in total. The van der Waals surface area contributed by atoms with Crippen molar-refractivity contribution in [2.45, 2.75) is 39.0 Å². The number of halogens is 2. The molecule has 0 aliphatic heterocycles. The van der Waals surface area contributed by atoms with E-state index in [1.807, 2.05) is 12.1 Å². The molecular formula is C15H24F2N2O. The minimum atomic E-state index is -2.78. The first kappa shape index (κ1) is 16.9. The van der Waals surface area contributed by atoms with Gasteiger partial charge in [-0.05, 0) is 58.6 Å². The molecule has 20 heavy (non-hydrogen) atoms. The van der Waals surface area contributed by atoms with Gasteiger partial charge in [-0.15, -0.1) is 0 Å². The van der Waals surface area contributed by atoms with E-state index in [2.05, 4.69) is 42.9 Å². The lowest BCUT2D eigenvalue weighted by Crippen LogP contribution is -2.31. The Morgan fingerprint density at radius 3 is 2.25 bits per heavy atom. The molecule has 0 aromatic heterocycles. The summed E-state index contributed by atoms with van der Waals surface area (Å²) in [5.41, 5.74) is 1.06. The van der Waals surface area contributed by atoms with Crippen LogP contribution in [0.25, 0.3) is 0 Å². The van der Waals surface area contributed by atoms with Gasteiger partial charge in [-0.3, -0.25) is 0 Å².